The first-order valence-corrected chi connectivity index (χ1v) is 13.7. The monoisotopic (exact) mass is 527 g/mol. The molecule has 3 heterocycles. The third-order valence-electron chi connectivity index (χ3n) is 7.30. The number of fused-ring (bicyclic) bond motifs is 1. The lowest BCUT2D eigenvalue weighted by molar-refractivity contribution is 0.252. The van der Waals surface area contributed by atoms with Crippen LogP contribution >= 0.6 is 0 Å². The van der Waals surface area contributed by atoms with Crippen LogP contribution in [0.1, 0.15) is 36.8 Å². The van der Waals surface area contributed by atoms with Crippen molar-refractivity contribution in [2.75, 3.05) is 41.3 Å². The molecule has 2 fully saturated rings. The van der Waals surface area contributed by atoms with Gasteiger partial charge in [-0.25, -0.2) is 9.59 Å². The molecular weight excluding hydrogens is 490 g/mol. The molecular formula is C30H37N7O2. The van der Waals surface area contributed by atoms with Gasteiger partial charge in [-0.15, -0.1) is 0 Å². The Labute approximate surface area is 228 Å². The molecule has 0 spiro atoms. The highest BCUT2D eigenvalue weighted by atomic mass is 16.2. The van der Waals surface area contributed by atoms with Gasteiger partial charge in [0, 0.05) is 50.6 Å². The fraction of sp³-hybridized carbons (Fsp3) is 0.333. The van der Waals surface area contributed by atoms with Crippen LogP contribution in [0.2, 0.25) is 0 Å². The zero-order chi connectivity index (χ0) is 27.0. The number of hydrogen-bond donors (Lipinski definition) is 5. The van der Waals surface area contributed by atoms with Gasteiger partial charge in [0.25, 0.3) is 0 Å². The molecule has 6 N–H and O–H groups in total. The van der Waals surface area contributed by atoms with Crippen LogP contribution in [0, 0.1) is 0 Å². The summed E-state index contributed by atoms with van der Waals surface area (Å²) >= 11 is 0. The van der Waals surface area contributed by atoms with Crippen molar-refractivity contribution in [2.24, 2.45) is 5.73 Å². The minimum absolute atomic E-state index is 0.298. The van der Waals surface area contributed by atoms with Gasteiger partial charge in [0.15, 0.2) is 0 Å². The van der Waals surface area contributed by atoms with E-state index in [2.05, 4.69) is 66.8 Å². The number of nitrogens with two attached hydrogens (primary N) is 1. The summed E-state index contributed by atoms with van der Waals surface area (Å²) in [7, 11) is 0. The maximum absolute atomic E-state index is 12.2. The Morgan fingerprint density at radius 1 is 0.769 bits per heavy atom. The number of H-pyrrole nitrogens is 2. The van der Waals surface area contributed by atoms with Crippen LogP contribution < -0.4 is 31.9 Å². The van der Waals surface area contributed by atoms with Crippen molar-refractivity contribution in [1.29, 1.82) is 0 Å². The third kappa shape index (κ3) is 6.80. The number of amides is 2. The van der Waals surface area contributed by atoms with E-state index in [1.807, 2.05) is 12.1 Å². The van der Waals surface area contributed by atoms with Crippen LogP contribution in [-0.4, -0.2) is 42.2 Å². The summed E-state index contributed by atoms with van der Waals surface area (Å²) in [6.07, 6.45) is 5.17. The molecule has 1 aromatic heterocycles. The van der Waals surface area contributed by atoms with Gasteiger partial charge in [-0.3, -0.25) is 0 Å². The smallest absolute Gasteiger partial charge is 0.323 e. The molecule has 0 atom stereocenters. The van der Waals surface area contributed by atoms with E-state index in [9.17, 15) is 9.59 Å². The lowest BCUT2D eigenvalue weighted by Gasteiger charge is -2.17. The zero-order valence-corrected chi connectivity index (χ0v) is 22.2. The molecule has 3 aromatic carbocycles. The Morgan fingerprint density at radius 2 is 1.33 bits per heavy atom. The number of aromatic nitrogens is 2. The third-order valence-corrected chi connectivity index (χ3v) is 7.30. The number of rotatable bonds is 6. The number of nitrogens with zero attached hydrogens (tertiary/aromatic N) is 2. The molecule has 0 radical (unpaired) electrons. The summed E-state index contributed by atoms with van der Waals surface area (Å²) in [4.78, 5) is 33.8. The number of imidazole rings is 1. The van der Waals surface area contributed by atoms with Crippen molar-refractivity contribution in [3.63, 3.8) is 0 Å². The first kappa shape index (κ1) is 26.4. The number of para-hydroxylation sites is 1. The summed E-state index contributed by atoms with van der Waals surface area (Å²) in [5, 5.41) is 5.62. The van der Waals surface area contributed by atoms with E-state index >= 15 is 0 Å². The quantitative estimate of drug-likeness (QED) is 0.252. The minimum Gasteiger partial charge on any atom is -0.372 e. The van der Waals surface area contributed by atoms with Crippen molar-refractivity contribution in [3.8, 4) is 0 Å². The predicted molar refractivity (Wildman–Crippen MR) is 158 cm³/mol. The van der Waals surface area contributed by atoms with E-state index < -0.39 is 0 Å². The number of nitrogens with one attached hydrogen (secondary N) is 4. The van der Waals surface area contributed by atoms with Crippen LogP contribution in [-0.2, 0) is 13.1 Å². The second-order valence-corrected chi connectivity index (χ2v) is 10.0. The molecule has 2 aliphatic rings. The molecule has 2 saturated heterocycles. The highest BCUT2D eigenvalue weighted by molar-refractivity contribution is 5.98. The van der Waals surface area contributed by atoms with Gasteiger partial charge in [0.1, 0.15) is 0 Å². The minimum atomic E-state index is -0.317. The van der Waals surface area contributed by atoms with Crippen LogP contribution in [0.4, 0.5) is 21.9 Å². The zero-order valence-electron chi connectivity index (χ0n) is 22.2. The van der Waals surface area contributed by atoms with E-state index in [1.54, 1.807) is 18.2 Å². The number of urea groups is 1. The summed E-state index contributed by atoms with van der Waals surface area (Å²) in [6.45, 7) is 5.73. The van der Waals surface area contributed by atoms with Crippen molar-refractivity contribution < 1.29 is 4.79 Å². The number of benzene rings is 3. The molecule has 39 heavy (non-hydrogen) atoms. The Morgan fingerprint density at radius 3 is 1.90 bits per heavy atom. The summed E-state index contributed by atoms with van der Waals surface area (Å²) in [5.74, 6) is 0. The van der Waals surface area contributed by atoms with Gasteiger partial charge in [-0.05, 0) is 73.2 Å². The standard InChI is InChI=1S/C19H21N5O2.C11H16N2/c25-18(21-15-4-3-5-16-17(15)23-19(26)22-16)20-12-13-6-8-14(9-7-13)24-10-1-2-11-24;12-9-10-3-5-11(6-4-10)13-7-1-2-8-13/h3-9H,1-2,10-12H2,(H2,20,21,25)(H2,22,23,26);3-6H,1-2,7-9,12H2. The SMILES string of the molecule is NCc1ccc(N2CCCC2)cc1.O=C(NCc1ccc(N2CCCC2)cc1)Nc1cccc2[nH]c(=O)[nH]c12. The molecule has 6 rings (SSSR count). The summed E-state index contributed by atoms with van der Waals surface area (Å²) in [5.41, 5.74) is 11.9. The number of carbonyl (C=O) groups is 1. The van der Waals surface area contributed by atoms with Gasteiger partial charge < -0.3 is 36.1 Å². The van der Waals surface area contributed by atoms with Crippen molar-refractivity contribution in [1.82, 2.24) is 15.3 Å². The van der Waals surface area contributed by atoms with Gasteiger partial charge in [-0.1, -0.05) is 30.3 Å². The van der Waals surface area contributed by atoms with Crippen molar-refractivity contribution in [3.05, 3.63) is 88.3 Å². The molecule has 0 saturated carbocycles. The molecule has 9 nitrogen and oxygen atoms in total. The van der Waals surface area contributed by atoms with E-state index in [1.165, 1.54) is 55.7 Å². The second-order valence-electron chi connectivity index (χ2n) is 10.0. The predicted octanol–water partition coefficient (Wildman–Crippen LogP) is 4.52. The van der Waals surface area contributed by atoms with Crippen LogP contribution in [0.5, 0.6) is 0 Å². The lowest BCUT2D eigenvalue weighted by atomic mass is 10.2. The number of carbonyl (C=O) groups excluding carboxylic acids is 1. The van der Waals surface area contributed by atoms with E-state index in [0.717, 1.165) is 18.7 Å². The molecule has 204 valence electrons. The fourth-order valence-electron chi connectivity index (χ4n) is 5.13. The van der Waals surface area contributed by atoms with Crippen LogP contribution in [0.15, 0.2) is 71.5 Å². The Bertz CT molecular complexity index is 1410. The molecule has 2 aliphatic heterocycles. The van der Waals surface area contributed by atoms with Crippen LogP contribution in [0.3, 0.4) is 0 Å². The lowest BCUT2D eigenvalue weighted by Crippen LogP contribution is -2.28. The summed E-state index contributed by atoms with van der Waals surface area (Å²) in [6, 6.07) is 21.9. The first-order chi connectivity index (χ1) is 19.1. The summed E-state index contributed by atoms with van der Waals surface area (Å²) < 4.78 is 0. The Kier molecular flexibility index (Phi) is 8.48. The average Bonchev–Trinajstić information content (AvgIpc) is 3.75. The average molecular weight is 528 g/mol. The number of hydrogen-bond acceptors (Lipinski definition) is 5. The van der Waals surface area contributed by atoms with Gasteiger partial charge in [-0.2, -0.15) is 0 Å². The number of anilines is 3. The maximum Gasteiger partial charge on any atom is 0.323 e. The molecule has 4 aromatic rings. The van der Waals surface area contributed by atoms with Crippen molar-refractivity contribution >= 4 is 34.1 Å². The van der Waals surface area contributed by atoms with E-state index in [4.69, 9.17) is 5.73 Å². The highest BCUT2D eigenvalue weighted by Crippen LogP contribution is 2.22. The van der Waals surface area contributed by atoms with Gasteiger partial charge in [0.2, 0.25) is 0 Å². The van der Waals surface area contributed by atoms with Crippen LogP contribution in [0.25, 0.3) is 11.0 Å². The van der Waals surface area contributed by atoms with E-state index in [-0.39, 0.29) is 11.7 Å². The molecule has 0 aliphatic carbocycles. The molecule has 0 unspecified atom stereocenters. The Hall–Kier alpha value is -4.24. The molecule has 2 amide bonds. The first-order valence-electron chi connectivity index (χ1n) is 13.7. The maximum atomic E-state index is 12.2. The topological polar surface area (TPSA) is 122 Å². The fourth-order valence-corrected chi connectivity index (χ4v) is 5.13. The normalized spacial score (nSPS) is 14.8. The molecule has 0 bridgehead atoms. The molecule has 9 heteroatoms. The van der Waals surface area contributed by atoms with Crippen molar-refractivity contribution in [2.45, 2.75) is 38.8 Å². The highest BCUT2D eigenvalue weighted by Gasteiger charge is 2.13. The van der Waals surface area contributed by atoms with Gasteiger partial charge >= 0.3 is 11.7 Å². The number of aromatic amines is 2. The van der Waals surface area contributed by atoms with E-state index in [0.29, 0.717) is 29.8 Å². The Balaban J connectivity index is 0.000000198. The second kappa shape index (κ2) is 12.5. The van der Waals surface area contributed by atoms with Gasteiger partial charge in [0.05, 0.1) is 16.7 Å². The largest absolute Gasteiger partial charge is 0.372 e.